The van der Waals surface area contributed by atoms with Crippen molar-refractivity contribution >= 4 is 50.9 Å². The second-order valence-corrected chi connectivity index (χ2v) is 9.30. The van der Waals surface area contributed by atoms with Crippen LogP contribution in [0.25, 0.3) is 0 Å². The highest BCUT2D eigenvalue weighted by Crippen LogP contribution is 2.29. The Morgan fingerprint density at radius 1 is 1.14 bits per heavy atom. The number of amides is 2. The van der Waals surface area contributed by atoms with E-state index in [-0.39, 0.29) is 21.2 Å². The third-order valence-electron chi connectivity index (χ3n) is 4.03. The summed E-state index contributed by atoms with van der Waals surface area (Å²) in [7, 11) is -3.73. The minimum atomic E-state index is -3.73. The van der Waals surface area contributed by atoms with E-state index < -0.39 is 21.8 Å². The van der Waals surface area contributed by atoms with Gasteiger partial charge in [0.2, 0.25) is 15.9 Å². The van der Waals surface area contributed by atoms with Crippen molar-refractivity contribution in [2.45, 2.75) is 23.6 Å². The highest BCUT2D eigenvalue weighted by atomic mass is 35.5. The molecule has 0 aromatic heterocycles. The van der Waals surface area contributed by atoms with E-state index in [0.717, 1.165) is 0 Å². The fourth-order valence-corrected chi connectivity index (χ4v) is 5.02. The average Bonchev–Trinajstić information content (AvgIpc) is 2.68. The van der Waals surface area contributed by atoms with Crippen molar-refractivity contribution in [1.29, 1.82) is 0 Å². The first kappa shape index (κ1) is 23.2. The molecule has 2 amide bonds. The molecule has 3 N–H and O–H groups in total. The second-order valence-electron chi connectivity index (χ2n) is 5.94. The third-order valence-corrected chi connectivity index (χ3v) is 7.50. The number of rotatable bonds is 9. The summed E-state index contributed by atoms with van der Waals surface area (Å²) in [5.41, 5.74) is 5.69. The maximum atomic E-state index is 12.8. The Bertz CT molecular complexity index is 1010. The van der Waals surface area contributed by atoms with Crippen LogP contribution in [0.1, 0.15) is 24.2 Å². The van der Waals surface area contributed by atoms with Crippen LogP contribution in [0.5, 0.6) is 0 Å². The SMILES string of the molecule is CCN(CC)S(=O)(=O)c1ccc(Cl)c(C(=O)Nc2ccccc2SCC(N)=O)c1. The standard InChI is InChI=1S/C19H22ClN3O4S2/c1-3-23(4-2)29(26,27)13-9-10-15(20)14(11-13)19(25)22-16-7-5-6-8-17(16)28-12-18(21)24/h5-11H,3-4,12H2,1-2H3,(H2,21,24)(H,22,25). The molecule has 0 aliphatic heterocycles. The van der Waals surface area contributed by atoms with Gasteiger partial charge in [-0.15, -0.1) is 11.8 Å². The minimum absolute atomic E-state index is 0.00728. The number of benzene rings is 2. The van der Waals surface area contributed by atoms with Crippen LogP contribution >= 0.6 is 23.4 Å². The van der Waals surface area contributed by atoms with Gasteiger partial charge in [-0.25, -0.2) is 8.42 Å². The number of nitrogens with two attached hydrogens (primary N) is 1. The van der Waals surface area contributed by atoms with Crippen LogP contribution in [0.2, 0.25) is 5.02 Å². The smallest absolute Gasteiger partial charge is 0.257 e. The molecule has 0 radical (unpaired) electrons. The van der Waals surface area contributed by atoms with Crippen LogP contribution < -0.4 is 11.1 Å². The zero-order valence-electron chi connectivity index (χ0n) is 16.0. The molecule has 0 bridgehead atoms. The number of nitrogens with zero attached hydrogens (tertiary/aromatic N) is 1. The predicted molar refractivity (Wildman–Crippen MR) is 116 cm³/mol. The third kappa shape index (κ3) is 5.72. The molecule has 29 heavy (non-hydrogen) atoms. The lowest BCUT2D eigenvalue weighted by Crippen LogP contribution is -2.30. The molecule has 2 rings (SSSR count). The van der Waals surface area contributed by atoms with Crippen LogP contribution in [-0.4, -0.2) is 43.4 Å². The first-order valence-electron chi connectivity index (χ1n) is 8.81. The van der Waals surface area contributed by atoms with Crippen LogP contribution in [-0.2, 0) is 14.8 Å². The Balaban J connectivity index is 2.34. The van der Waals surface area contributed by atoms with Crippen molar-refractivity contribution in [3.8, 4) is 0 Å². The zero-order valence-corrected chi connectivity index (χ0v) is 18.4. The number of thioether (sulfide) groups is 1. The summed E-state index contributed by atoms with van der Waals surface area (Å²) in [4.78, 5) is 24.5. The van der Waals surface area contributed by atoms with Gasteiger partial charge in [0.1, 0.15) is 0 Å². The molecule has 0 atom stereocenters. The normalized spacial score (nSPS) is 11.4. The number of carbonyl (C=O) groups is 2. The molecule has 0 spiro atoms. The lowest BCUT2D eigenvalue weighted by Gasteiger charge is -2.19. The van der Waals surface area contributed by atoms with E-state index in [2.05, 4.69) is 5.32 Å². The number of halogens is 1. The van der Waals surface area contributed by atoms with Crippen molar-refractivity contribution in [2.75, 3.05) is 24.2 Å². The van der Waals surface area contributed by atoms with Gasteiger partial charge in [-0.1, -0.05) is 37.6 Å². The molecule has 0 heterocycles. The molecule has 10 heteroatoms. The van der Waals surface area contributed by atoms with Crippen LogP contribution in [0.4, 0.5) is 5.69 Å². The van der Waals surface area contributed by atoms with Crippen LogP contribution in [0.15, 0.2) is 52.3 Å². The average molecular weight is 456 g/mol. The lowest BCUT2D eigenvalue weighted by molar-refractivity contribution is -0.115. The van der Waals surface area contributed by atoms with Gasteiger partial charge in [-0.3, -0.25) is 9.59 Å². The van der Waals surface area contributed by atoms with Crippen LogP contribution in [0, 0.1) is 0 Å². The van der Waals surface area contributed by atoms with Gasteiger partial charge >= 0.3 is 0 Å². The van der Waals surface area contributed by atoms with Crippen molar-refractivity contribution in [3.63, 3.8) is 0 Å². The van der Waals surface area contributed by atoms with E-state index in [1.807, 2.05) is 0 Å². The summed E-state index contributed by atoms with van der Waals surface area (Å²) in [5, 5.41) is 2.85. The number of para-hydroxylation sites is 1. The van der Waals surface area contributed by atoms with E-state index in [1.165, 1.54) is 34.3 Å². The van der Waals surface area contributed by atoms with Gasteiger partial charge in [0, 0.05) is 18.0 Å². The van der Waals surface area contributed by atoms with E-state index in [4.69, 9.17) is 17.3 Å². The molecule has 7 nitrogen and oxygen atoms in total. The van der Waals surface area contributed by atoms with Gasteiger partial charge in [-0.05, 0) is 30.3 Å². The molecule has 2 aromatic rings. The molecule has 0 saturated carbocycles. The Morgan fingerprint density at radius 2 is 1.79 bits per heavy atom. The first-order valence-corrected chi connectivity index (χ1v) is 11.6. The number of primary amides is 1. The zero-order chi connectivity index (χ0) is 21.6. The number of sulfonamides is 1. The van der Waals surface area contributed by atoms with Crippen molar-refractivity contribution in [3.05, 3.63) is 53.1 Å². The number of anilines is 1. The molecular weight excluding hydrogens is 434 g/mol. The van der Waals surface area contributed by atoms with Crippen molar-refractivity contribution in [2.24, 2.45) is 5.73 Å². The highest BCUT2D eigenvalue weighted by Gasteiger charge is 2.24. The number of hydrogen-bond acceptors (Lipinski definition) is 5. The minimum Gasteiger partial charge on any atom is -0.369 e. The molecule has 156 valence electrons. The lowest BCUT2D eigenvalue weighted by atomic mass is 10.2. The maximum Gasteiger partial charge on any atom is 0.257 e. The number of carbonyl (C=O) groups excluding carboxylic acids is 2. The second kappa shape index (κ2) is 10.1. The van der Waals surface area contributed by atoms with E-state index in [9.17, 15) is 18.0 Å². The summed E-state index contributed by atoms with van der Waals surface area (Å²) < 4.78 is 26.8. The van der Waals surface area contributed by atoms with Crippen molar-refractivity contribution in [1.82, 2.24) is 4.31 Å². The quantitative estimate of drug-likeness (QED) is 0.564. The van der Waals surface area contributed by atoms with Gasteiger partial charge in [0.15, 0.2) is 0 Å². The molecule has 0 unspecified atom stereocenters. The van der Waals surface area contributed by atoms with Crippen LogP contribution in [0.3, 0.4) is 0 Å². The summed E-state index contributed by atoms with van der Waals surface area (Å²) in [5.74, 6) is -0.974. The fourth-order valence-electron chi connectivity index (χ4n) is 2.59. The summed E-state index contributed by atoms with van der Waals surface area (Å²) >= 11 is 7.35. The molecule has 0 fully saturated rings. The van der Waals surface area contributed by atoms with Gasteiger partial charge in [0.25, 0.3) is 5.91 Å². The maximum absolute atomic E-state index is 12.8. The highest BCUT2D eigenvalue weighted by molar-refractivity contribution is 8.00. The Hall–Kier alpha value is -2.07. The van der Waals surface area contributed by atoms with E-state index >= 15 is 0 Å². The van der Waals surface area contributed by atoms with Gasteiger partial charge < -0.3 is 11.1 Å². The summed E-state index contributed by atoms with van der Waals surface area (Å²) in [6, 6.07) is 10.9. The number of hydrogen-bond donors (Lipinski definition) is 2. The summed E-state index contributed by atoms with van der Waals surface area (Å²) in [6.07, 6.45) is 0. The molecule has 0 aliphatic carbocycles. The van der Waals surface area contributed by atoms with Crippen molar-refractivity contribution < 1.29 is 18.0 Å². The molecule has 2 aromatic carbocycles. The topological polar surface area (TPSA) is 110 Å². The predicted octanol–water partition coefficient (Wildman–Crippen LogP) is 3.20. The fraction of sp³-hybridized carbons (Fsp3) is 0.263. The summed E-state index contributed by atoms with van der Waals surface area (Å²) in [6.45, 7) is 4.11. The Morgan fingerprint density at radius 3 is 2.41 bits per heavy atom. The monoisotopic (exact) mass is 455 g/mol. The van der Waals surface area contributed by atoms with E-state index in [0.29, 0.717) is 23.7 Å². The largest absolute Gasteiger partial charge is 0.369 e. The Labute approximate surface area is 179 Å². The number of nitrogens with one attached hydrogen (secondary N) is 1. The Kier molecular flexibility index (Phi) is 8.09. The molecule has 0 aliphatic rings. The molecular formula is C19H22ClN3O4S2. The first-order chi connectivity index (χ1) is 13.7. The van der Waals surface area contributed by atoms with Gasteiger partial charge in [-0.2, -0.15) is 4.31 Å². The van der Waals surface area contributed by atoms with Gasteiger partial charge in [0.05, 0.1) is 26.9 Å². The van der Waals surface area contributed by atoms with E-state index in [1.54, 1.807) is 38.1 Å². The molecule has 0 saturated heterocycles.